The van der Waals surface area contributed by atoms with Crippen LogP contribution in [0.3, 0.4) is 0 Å². The molecule has 22 heavy (non-hydrogen) atoms. The number of hydrogen-bond acceptors (Lipinski definition) is 1. The van der Waals surface area contributed by atoms with E-state index >= 15 is 0 Å². The predicted octanol–water partition coefficient (Wildman–Crippen LogP) is 4.97. The molecule has 3 aromatic rings. The summed E-state index contributed by atoms with van der Waals surface area (Å²) in [4.78, 5) is 3.16. The van der Waals surface area contributed by atoms with E-state index in [1.165, 1.54) is 11.1 Å². The van der Waals surface area contributed by atoms with Crippen molar-refractivity contribution >= 4 is 22.9 Å². The average Bonchev–Trinajstić information content (AvgIpc) is 2.90. The number of para-hydroxylation sites is 1. The van der Waals surface area contributed by atoms with Crippen LogP contribution in [0.15, 0.2) is 84.9 Å². The molecule has 4 rings (SSSR count). The number of rotatable bonds is 2. The van der Waals surface area contributed by atoms with Gasteiger partial charge in [0.15, 0.2) is 0 Å². The minimum absolute atomic E-state index is 0.146. The van der Waals surface area contributed by atoms with Gasteiger partial charge in [-0.05, 0) is 23.3 Å². The third-order valence-electron chi connectivity index (χ3n) is 4.11. The van der Waals surface area contributed by atoms with Gasteiger partial charge in [0.25, 0.3) is 0 Å². The van der Waals surface area contributed by atoms with E-state index in [0.717, 1.165) is 16.2 Å². The normalized spacial score (nSPS) is 16.6. The maximum Gasteiger partial charge on any atom is 0.114 e. The molecule has 1 atom stereocenters. The van der Waals surface area contributed by atoms with Crippen molar-refractivity contribution in [3.63, 3.8) is 0 Å². The first-order valence-electron chi connectivity index (χ1n) is 7.39. The van der Waals surface area contributed by atoms with Crippen LogP contribution < -0.4 is 4.90 Å². The largest absolute Gasteiger partial charge is 0.320 e. The van der Waals surface area contributed by atoms with E-state index in [1.807, 2.05) is 6.07 Å². The smallest absolute Gasteiger partial charge is 0.114 e. The van der Waals surface area contributed by atoms with Gasteiger partial charge in [-0.3, -0.25) is 0 Å². The number of thiocarbonyl (C=S) groups is 1. The summed E-state index contributed by atoms with van der Waals surface area (Å²) in [6, 6.07) is 29.6. The molecular weight excluding hydrogens is 286 g/mol. The zero-order chi connectivity index (χ0) is 14.9. The molecule has 0 bridgehead atoms. The predicted molar refractivity (Wildman–Crippen MR) is 95.3 cm³/mol. The molecule has 0 fully saturated rings. The first kappa shape index (κ1) is 13.2. The number of hydrogen-bond donors (Lipinski definition) is 0. The third-order valence-corrected chi connectivity index (χ3v) is 4.53. The SMILES string of the molecule is S=C1c2ccccc2C(c2ccccc2)N1c1ccccc1. The van der Waals surface area contributed by atoms with E-state index < -0.39 is 0 Å². The summed E-state index contributed by atoms with van der Waals surface area (Å²) in [6.45, 7) is 0. The van der Waals surface area contributed by atoms with Gasteiger partial charge in [0, 0.05) is 11.3 Å². The summed E-state index contributed by atoms with van der Waals surface area (Å²) >= 11 is 5.78. The van der Waals surface area contributed by atoms with E-state index in [0.29, 0.717) is 0 Å². The molecule has 0 spiro atoms. The molecule has 0 radical (unpaired) electrons. The maximum absolute atomic E-state index is 5.78. The summed E-state index contributed by atoms with van der Waals surface area (Å²) in [6.07, 6.45) is 0. The Morgan fingerprint density at radius 3 is 2.00 bits per heavy atom. The highest BCUT2D eigenvalue weighted by molar-refractivity contribution is 7.81. The second kappa shape index (κ2) is 5.39. The van der Waals surface area contributed by atoms with Gasteiger partial charge in [-0.2, -0.15) is 0 Å². The topological polar surface area (TPSA) is 3.24 Å². The van der Waals surface area contributed by atoms with Crippen LogP contribution in [0.1, 0.15) is 22.7 Å². The van der Waals surface area contributed by atoms with Crippen molar-refractivity contribution in [2.45, 2.75) is 6.04 Å². The van der Waals surface area contributed by atoms with Crippen LogP contribution in [-0.2, 0) is 0 Å². The molecule has 0 saturated heterocycles. The van der Waals surface area contributed by atoms with Gasteiger partial charge < -0.3 is 4.90 Å². The Morgan fingerprint density at radius 1 is 0.682 bits per heavy atom. The Morgan fingerprint density at radius 2 is 1.27 bits per heavy atom. The van der Waals surface area contributed by atoms with Crippen LogP contribution in [0.4, 0.5) is 5.69 Å². The van der Waals surface area contributed by atoms with Gasteiger partial charge in [0.1, 0.15) is 4.99 Å². The molecule has 0 aromatic heterocycles. The van der Waals surface area contributed by atoms with Crippen molar-refractivity contribution in [3.8, 4) is 0 Å². The summed E-state index contributed by atoms with van der Waals surface area (Å²) in [7, 11) is 0. The molecule has 106 valence electrons. The molecule has 1 aliphatic rings. The molecule has 2 heteroatoms. The number of anilines is 1. The summed E-state index contributed by atoms with van der Waals surface area (Å²) in [5.41, 5.74) is 4.84. The Hall–Kier alpha value is -2.45. The van der Waals surface area contributed by atoms with Crippen molar-refractivity contribution in [2.75, 3.05) is 4.90 Å². The van der Waals surface area contributed by atoms with E-state index in [-0.39, 0.29) is 6.04 Å². The highest BCUT2D eigenvalue weighted by Crippen LogP contribution is 2.41. The monoisotopic (exact) mass is 301 g/mol. The first-order valence-corrected chi connectivity index (χ1v) is 7.79. The fourth-order valence-corrected chi connectivity index (χ4v) is 3.53. The molecule has 0 saturated carbocycles. The zero-order valence-electron chi connectivity index (χ0n) is 12.0. The fraction of sp³-hybridized carbons (Fsp3) is 0.0500. The lowest BCUT2D eigenvalue weighted by atomic mass is 9.98. The second-order valence-corrected chi connectivity index (χ2v) is 5.80. The van der Waals surface area contributed by atoms with Gasteiger partial charge in [-0.15, -0.1) is 0 Å². The second-order valence-electron chi connectivity index (χ2n) is 5.41. The van der Waals surface area contributed by atoms with E-state index in [4.69, 9.17) is 12.2 Å². The quantitative estimate of drug-likeness (QED) is 0.615. The average molecular weight is 301 g/mol. The highest BCUT2D eigenvalue weighted by atomic mass is 32.1. The van der Waals surface area contributed by atoms with Crippen LogP contribution >= 0.6 is 12.2 Å². The molecule has 0 aliphatic carbocycles. The number of nitrogens with zero attached hydrogens (tertiary/aromatic N) is 1. The van der Waals surface area contributed by atoms with Gasteiger partial charge >= 0.3 is 0 Å². The summed E-state index contributed by atoms with van der Waals surface area (Å²) in [5.74, 6) is 0. The van der Waals surface area contributed by atoms with Crippen molar-refractivity contribution < 1.29 is 0 Å². The van der Waals surface area contributed by atoms with Crippen LogP contribution in [-0.4, -0.2) is 4.99 Å². The molecular formula is C20H15NS. The first-order chi connectivity index (χ1) is 10.9. The third kappa shape index (κ3) is 2.04. The van der Waals surface area contributed by atoms with Crippen molar-refractivity contribution in [2.24, 2.45) is 0 Å². The molecule has 0 amide bonds. The molecule has 1 nitrogen and oxygen atoms in total. The Bertz CT molecular complexity index is 811. The summed E-state index contributed by atoms with van der Waals surface area (Å²) in [5, 5.41) is 0. The lowest BCUT2D eigenvalue weighted by Crippen LogP contribution is -2.27. The van der Waals surface area contributed by atoms with E-state index in [9.17, 15) is 0 Å². The Balaban J connectivity index is 1.92. The Labute approximate surface area is 135 Å². The van der Waals surface area contributed by atoms with Crippen LogP contribution in [0.25, 0.3) is 0 Å². The van der Waals surface area contributed by atoms with Crippen LogP contribution in [0.2, 0.25) is 0 Å². The molecule has 3 aromatic carbocycles. The zero-order valence-corrected chi connectivity index (χ0v) is 12.8. The minimum atomic E-state index is 0.146. The molecule has 1 unspecified atom stereocenters. The van der Waals surface area contributed by atoms with Gasteiger partial charge in [0.2, 0.25) is 0 Å². The standard InChI is InChI=1S/C20H15NS/c22-20-18-14-8-7-13-17(18)19(15-9-3-1-4-10-15)21(20)16-11-5-2-6-12-16/h1-14,19H. The van der Waals surface area contributed by atoms with Gasteiger partial charge in [-0.25, -0.2) is 0 Å². The Kier molecular flexibility index (Phi) is 3.24. The highest BCUT2D eigenvalue weighted by Gasteiger charge is 2.35. The van der Waals surface area contributed by atoms with Crippen molar-refractivity contribution in [1.29, 1.82) is 0 Å². The number of fused-ring (bicyclic) bond motifs is 1. The fourth-order valence-electron chi connectivity index (χ4n) is 3.14. The lowest BCUT2D eigenvalue weighted by Gasteiger charge is -2.27. The van der Waals surface area contributed by atoms with Crippen molar-refractivity contribution in [3.05, 3.63) is 102 Å². The van der Waals surface area contributed by atoms with E-state index in [2.05, 4.69) is 83.8 Å². The van der Waals surface area contributed by atoms with Crippen LogP contribution in [0.5, 0.6) is 0 Å². The van der Waals surface area contributed by atoms with Gasteiger partial charge in [0.05, 0.1) is 6.04 Å². The molecule has 1 heterocycles. The summed E-state index contributed by atoms with van der Waals surface area (Å²) < 4.78 is 0. The minimum Gasteiger partial charge on any atom is -0.320 e. The van der Waals surface area contributed by atoms with Gasteiger partial charge in [-0.1, -0.05) is 85.0 Å². The molecule has 0 N–H and O–H groups in total. The molecule has 1 aliphatic heterocycles. The van der Waals surface area contributed by atoms with Crippen LogP contribution in [0, 0.1) is 0 Å². The van der Waals surface area contributed by atoms with Crippen molar-refractivity contribution in [1.82, 2.24) is 0 Å². The maximum atomic E-state index is 5.78. The lowest BCUT2D eigenvalue weighted by molar-refractivity contribution is 0.875. The van der Waals surface area contributed by atoms with E-state index in [1.54, 1.807) is 0 Å². The number of benzene rings is 3.